The van der Waals surface area contributed by atoms with Gasteiger partial charge in [-0.2, -0.15) is 5.48 Å². The summed E-state index contributed by atoms with van der Waals surface area (Å²) in [5.74, 6) is 0.498. The Hall–Kier alpha value is -0.120. The van der Waals surface area contributed by atoms with Crippen molar-refractivity contribution in [3.05, 3.63) is 0 Å². The molecule has 2 fully saturated rings. The first kappa shape index (κ1) is 12.3. The summed E-state index contributed by atoms with van der Waals surface area (Å²) in [7, 11) is 0. The van der Waals surface area contributed by atoms with Crippen LogP contribution in [0.4, 0.5) is 0 Å². The van der Waals surface area contributed by atoms with Gasteiger partial charge in [-0.3, -0.25) is 0 Å². The molecule has 0 aromatic carbocycles. The van der Waals surface area contributed by atoms with Crippen LogP contribution in [0.1, 0.15) is 64.2 Å². The summed E-state index contributed by atoms with van der Waals surface area (Å²) in [6, 6.07) is 0. The summed E-state index contributed by atoms with van der Waals surface area (Å²) in [4.78, 5) is 0. The van der Waals surface area contributed by atoms with Gasteiger partial charge < -0.3 is 9.94 Å². The van der Waals surface area contributed by atoms with Gasteiger partial charge in [0.2, 0.25) is 0 Å². The SMILES string of the molecule is ONC1(C2CCCCCC2)CCCCCO1. The highest BCUT2D eigenvalue weighted by Gasteiger charge is 2.39. The summed E-state index contributed by atoms with van der Waals surface area (Å²) in [5.41, 5.74) is 2.10. The summed E-state index contributed by atoms with van der Waals surface area (Å²) < 4.78 is 5.97. The molecule has 3 heteroatoms. The Morgan fingerprint density at radius 3 is 2.31 bits per heavy atom. The summed E-state index contributed by atoms with van der Waals surface area (Å²) in [6.07, 6.45) is 12.2. The van der Waals surface area contributed by atoms with Gasteiger partial charge in [0.05, 0.1) is 0 Å². The third kappa shape index (κ3) is 2.76. The molecule has 0 bridgehead atoms. The van der Waals surface area contributed by atoms with Crippen LogP contribution < -0.4 is 5.48 Å². The lowest BCUT2D eigenvalue weighted by atomic mass is 9.85. The normalized spacial score (nSPS) is 34.3. The Labute approximate surface area is 98.5 Å². The van der Waals surface area contributed by atoms with Crippen LogP contribution >= 0.6 is 0 Å². The Bertz CT molecular complexity index is 192. The predicted octanol–water partition coefficient (Wildman–Crippen LogP) is 3.22. The van der Waals surface area contributed by atoms with Crippen LogP contribution in [0.5, 0.6) is 0 Å². The third-order valence-electron chi connectivity index (χ3n) is 4.26. The van der Waals surface area contributed by atoms with Crippen LogP contribution in [0, 0.1) is 5.92 Å². The van der Waals surface area contributed by atoms with E-state index < -0.39 is 5.72 Å². The van der Waals surface area contributed by atoms with Crippen LogP contribution in [0.2, 0.25) is 0 Å². The molecule has 94 valence electrons. The van der Waals surface area contributed by atoms with Gasteiger partial charge in [0.25, 0.3) is 0 Å². The molecular weight excluding hydrogens is 202 g/mol. The minimum absolute atomic E-state index is 0.430. The van der Waals surface area contributed by atoms with E-state index in [0.29, 0.717) is 5.92 Å². The van der Waals surface area contributed by atoms with Crippen molar-refractivity contribution in [1.29, 1.82) is 0 Å². The first-order chi connectivity index (χ1) is 7.87. The van der Waals surface area contributed by atoms with Crippen molar-refractivity contribution < 1.29 is 9.94 Å². The largest absolute Gasteiger partial charge is 0.358 e. The van der Waals surface area contributed by atoms with E-state index in [4.69, 9.17) is 4.74 Å². The summed E-state index contributed by atoms with van der Waals surface area (Å²) in [5, 5.41) is 9.54. The highest BCUT2D eigenvalue weighted by molar-refractivity contribution is 4.86. The fraction of sp³-hybridized carbons (Fsp3) is 1.00. The van der Waals surface area contributed by atoms with Crippen LogP contribution in [0.15, 0.2) is 0 Å². The van der Waals surface area contributed by atoms with Gasteiger partial charge in [-0.1, -0.05) is 32.1 Å². The lowest BCUT2D eigenvalue weighted by Crippen LogP contribution is -2.51. The maximum Gasteiger partial charge on any atom is 0.143 e. The summed E-state index contributed by atoms with van der Waals surface area (Å²) >= 11 is 0. The zero-order valence-corrected chi connectivity index (χ0v) is 10.2. The molecule has 1 unspecified atom stereocenters. The minimum Gasteiger partial charge on any atom is -0.358 e. The quantitative estimate of drug-likeness (QED) is 0.562. The van der Waals surface area contributed by atoms with Gasteiger partial charge in [-0.05, 0) is 32.1 Å². The van der Waals surface area contributed by atoms with Gasteiger partial charge in [0, 0.05) is 12.5 Å². The van der Waals surface area contributed by atoms with E-state index in [1.54, 1.807) is 0 Å². The zero-order chi connectivity index (χ0) is 11.3. The van der Waals surface area contributed by atoms with Crippen LogP contribution in [0.3, 0.4) is 0 Å². The second kappa shape index (κ2) is 5.99. The molecule has 2 aliphatic rings. The first-order valence-corrected chi connectivity index (χ1v) is 6.93. The van der Waals surface area contributed by atoms with Gasteiger partial charge in [0.1, 0.15) is 5.72 Å². The average molecular weight is 227 g/mol. The summed E-state index contributed by atoms with van der Waals surface area (Å²) in [6.45, 7) is 0.796. The Kier molecular flexibility index (Phi) is 4.62. The first-order valence-electron chi connectivity index (χ1n) is 6.93. The Balaban J connectivity index is 2.04. The molecule has 1 aliphatic heterocycles. The maximum atomic E-state index is 9.54. The second-order valence-corrected chi connectivity index (χ2v) is 5.35. The smallest absolute Gasteiger partial charge is 0.143 e. The molecule has 0 aromatic heterocycles. The molecule has 1 aliphatic carbocycles. The Morgan fingerprint density at radius 1 is 0.938 bits per heavy atom. The molecule has 16 heavy (non-hydrogen) atoms. The zero-order valence-electron chi connectivity index (χ0n) is 10.2. The molecule has 2 rings (SSSR count). The van der Waals surface area contributed by atoms with E-state index in [-0.39, 0.29) is 0 Å². The third-order valence-corrected chi connectivity index (χ3v) is 4.26. The Morgan fingerprint density at radius 2 is 1.62 bits per heavy atom. The van der Waals surface area contributed by atoms with E-state index >= 15 is 0 Å². The number of hydrogen-bond acceptors (Lipinski definition) is 3. The van der Waals surface area contributed by atoms with E-state index in [0.717, 1.165) is 19.4 Å². The minimum atomic E-state index is -0.430. The fourth-order valence-electron chi connectivity index (χ4n) is 3.24. The van der Waals surface area contributed by atoms with E-state index in [9.17, 15) is 5.21 Å². The second-order valence-electron chi connectivity index (χ2n) is 5.35. The molecule has 2 N–H and O–H groups in total. The van der Waals surface area contributed by atoms with Crippen LogP contribution in [-0.2, 0) is 4.74 Å². The number of ether oxygens (including phenoxy) is 1. The average Bonchev–Trinajstić information content (AvgIpc) is 2.72. The molecule has 0 amide bonds. The number of hydrogen-bond donors (Lipinski definition) is 2. The molecule has 1 saturated heterocycles. The van der Waals surface area contributed by atoms with E-state index in [1.807, 2.05) is 0 Å². The van der Waals surface area contributed by atoms with Crippen LogP contribution in [0.25, 0.3) is 0 Å². The number of rotatable bonds is 2. The van der Waals surface area contributed by atoms with Crippen LogP contribution in [-0.4, -0.2) is 17.5 Å². The molecule has 0 spiro atoms. The van der Waals surface area contributed by atoms with Crippen molar-refractivity contribution in [3.8, 4) is 0 Å². The van der Waals surface area contributed by atoms with Crippen molar-refractivity contribution in [2.45, 2.75) is 69.9 Å². The molecule has 1 heterocycles. The lowest BCUT2D eigenvalue weighted by molar-refractivity contribution is -0.174. The monoisotopic (exact) mass is 227 g/mol. The van der Waals surface area contributed by atoms with Crippen molar-refractivity contribution in [1.82, 2.24) is 5.48 Å². The topological polar surface area (TPSA) is 41.5 Å². The fourth-order valence-corrected chi connectivity index (χ4v) is 3.24. The number of nitrogens with one attached hydrogen (secondary N) is 1. The highest BCUT2D eigenvalue weighted by atomic mass is 16.6. The van der Waals surface area contributed by atoms with Gasteiger partial charge in [-0.25, -0.2) is 0 Å². The van der Waals surface area contributed by atoms with Gasteiger partial charge >= 0.3 is 0 Å². The van der Waals surface area contributed by atoms with Gasteiger partial charge in [0.15, 0.2) is 0 Å². The lowest BCUT2D eigenvalue weighted by Gasteiger charge is -2.38. The van der Waals surface area contributed by atoms with Gasteiger partial charge in [-0.15, -0.1) is 0 Å². The van der Waals surface area contributed by atoms with Crippen molar-refractivity contribution >= 4 is 0 Å². The molecule has 0 radical (unpaired) electrons. The molecule has 3 nitrogen and oxygen atoms in total. The molecule has 1 saturated carbocycles. The predicted molar refractivity (Wildman–Crippen MR) is 63.3 cm³/mol. The van der Waals surface area contributed by atoms with Crippen molar-refractivity contribution in [2.24, 2.45) is 5.92 Å². The van der Waals surface area contributed by atoms with Crippen molar-refractivity contribution in [2.75, 3.05) is 6.61 Å². The number of hydroxylamine groups is 1. The highest BCUT2D eigenvalue weighted by Crippen LogP contribution is 2.37. The molecule has 0 aromatic rings. The van der Waals surface area contributed by atoms with E-state index in [2.05, 4.69) is 5.48 Å². The standard InChI is InChI=1S/C13H25NO2/c15-14-13(10-6-3-7-11-16-13)12-8-4-1-2-5-9-12/h12,14-15H,1-11H2. The van der Waals surface area contributed by atoms with Crippen molar-refractivity contribution in [3.63, 3.8) is 0 Å². The van der Waals surface area contributed by atoms with E-state index in [1.165, 1.54) is 51.4 Å². The molecule has 1 atom stereocenters. The molecular formula is C13H25NO2. The maximum absolute atomic E-state index is 9.54.